The Kier molecular flexibility index (Phi) is 5.72. The van der Waals surface area contributed by atoms with Crippen LogP contribution in [0.2, 0.25) is 0 Å². The molecule has 1 aromatic heterocycles. The van der Waals surface area contributed by atoms with Crippen LogP contribution in [0.25, 0.3) is 0 Å². The van der Waals surface area contributed by atoms with Gasteiger partial charge >= 0.3 is 0 Å². The zero-order chi connectivity index (χ0) is 19.4. The first-order chi connectivity index (χ1) is 12.8. The van der Waals surface area contributed by atoms with E-state index < -0.39 is 10.0 Å². The maximum atomic E-state index is 12.5. The largest absolute Gasteiger partial charge is 0.263 e. The normalized spacial score (nSPS) is 11.7. The summed E-state index contributed by atoms with van der Waals surface area (Å²) >= 11 is 0. The van der Waals surface area contributed by atoms with E-state index >= 15 is 0 Å². The third-order valence-electron chi connectivity index (χ3n) is 4.33. The minimum Gasteiger partial charge on any atom is -0.263 e. The fourth-order valence-corrected chi connectivity index (χ4v) is 4.16. The molecule has 3 aromatic rings. The van der Waals surface area contributed by atoms with Crippen molar-refractivity contribution in [3.8, 4) is 0 Å². The van der Waals surface area contributed by atoms with E-state index in [1.807, 2.05) is 13.0 Å². The van der Waals surface area contributed by atoms with Crippen molar-refractivity contribution in [3.05, 3.63) is 76.4 Å². The highest BCUT2D eigenvalue weighted by Gasteiger charge is 2.16. The average Bonchev–Trinajstić information content (AvgIpc) is 3.04. The zero-order valence-corrected chi connectivity index (χ0v) is 16.6. The number of aromatic nitrogens is 3. The molecule has 0 fully saturated rings. The summed E-state index contributed by atoms with van der Waals surface area (Å²) in [5, 5.41) is 7.11. The molecule has 0 aliphatic rings. The van der Waals surface area contributed by atoms with E-state index in [-0.39, 0.29) is 6.54 Å². The molecular formula is C20H24N4O2S. The fourth-order valence-electron chi connectivity index (χ4n) is 2.90. The summed E-state index contributed by atoms with van der Waals surface area (Å²) in [4.78, 5) is 4.76. The number of nitrogens with one attached hydrogen (secondary N) is 2. The number of hydrogen-bond acceptors (Lipinski definition) is 4. The lowest BCUT2D eigenvalue weighted by molar-refractivity contribution is 0.580. The molecule has 2 aromatic carbocycles. The van der Waals surface area contributed by atoms with Gasteiger partial charge in [-0.2, -0.15) is 5.10 Å². The molecule has 0 aliphatic heterocycles. The summed E-state index contributed by atoms with van der Waals surface area (Å²) in [7, 11) is -3.54. The summed E-state index contributed by atoms with van der Waals surface area (Å²) in [6, 6.07) is 13.6. The van der Waals surface area contributed by atoms with E-state index in [4.69, 9.17) is 0 Å². The minimum absolute atomic E-state index is 0.247. The van der Waals surface area contributed by atoms with Gasteiger partial charge in [0.15, 0.2) is 5.82 Å². The highest BCUT2D eigenvalue weighted by atomic mass is 32.2. The number of nitrogens with zero attached hydrogens (tertiary/aromatic N) is 2. The Labute approximate surface area is 160 Å². The molecule has 1 heterocycles. The fraction of sp³-hybridized carbons (Fsp3) is 0.300. The molecule has 0 spiro atoms. The standard InChI is InChI=1S/C20H24N4O2S/c1-14-4-7-17(8-5-14)13-20-22-19(23-24-20)10-11-21-27(25,26)18-9-6-15(2)12-16(18)3/h4-9,12,21H,10-11,13H2,1-3H3,(H,22,23,24). The molecular weight excluding hydrogens is 360 g/mol. The minimum atomic E-state index is -3.54. The van der Waals surface area contributed by atoms with Crippen molar-refractivity contribution in [1.29, 1.82) is 0 Å². The summed E-state index contributed by atoms with van der Waals surface area (Å²) in [6.45, 7) is 6.04. The lowest BCUT2D eigenvalue weighted by Crippen LogP contribution is -2.26. The monoisotopic (exact) mass is 384 g/mol. The van der Waals surface area contributed by atoms with Crippen LogP contribution in [0, 0.1) is 20.8 Å². The first-order valence-electron chi connectivity index (χ1n) is 8.86. The number of H-pyrrole nitrogens is 1. The predicted octanol–water partition coefficient (Wildman–Crippen LogP) is 2.84. The smallest absolute Gasteiger partial charge is 0.240 e. The zero-order valence-electron chi connectivity index (χ0n) is 15.8. The molecule has 2 N–H and O–H groups in total. The SMILES string of the molecule is Cc1ccc(Cc2nc(CCNS(=O)(=O)c3ccc(C)cc3C)n[nH]2)cc1. The quantitative estimate of drug-likeness (QED) is 0.656. The van der Waals surface area contributed by atoms with E-state index in [1.165, 1.54) is 5.56 Å². The molecule has 0 saturated carbocycles. The first-order valence-corrected chi connectivity index (χ1v) is 10.3. The number of aromatic amines is 1. The number of hydrogen-bond donors (Lipinski definition) is 2. The van der Waals surface area contributed by atoms with Gasteiger partial charge in [-0.05, 0) is 38.0 Å². The van der Waals surface area contributed by atoms with Crippen molar-refractivity contribution in [3.63, 3.8) is 0 Å². The van der Waals surface area contributed by atoms with Gasteiger partial charge in [0.2, 0.25) is 10.0 Å². The van der Waals surface area contributed by atoms with Gasteiger partial charge in [0.05, 0.1) is 4.90 Å². The van der Waals surface area contributed by atoms with Crippen LogP contribution in [-0.4, -0.2) is 30.1 Å². The first kappa shape index (κ1) is 19.3. The second kappa shape index (κ2) is 8.02. The van der Waals surface area contributed by atoms with E-state index in [1.54, 1.807) is 19.1 Å². The number of aryl methyl sites for hydroxylation is 3. The molecule has 0 radical (unpaired) electrons. The van der Waals surface area contributed by atoms with E-state index in [2.05, 4.69) is 51.1 Å². The van der Waals surface area contributed by atoms with Crippen LogP contribution in [0.4, 0.5) is 0 Å². The van der Waals surface area contributed by atoms with Crippen LogP contribution in [0.5, 0.6) is 0 Å². The Morgan fingerprint density at radius 3 is 2.41 bits per heavy atom. The Morgan fingerprint density at radius 2 is 1.70 bits per heavy atom. The average molecular weight is 385 g/mol. The molecule has 7 heteroatoms. The van der Waals surface area contributed by atoms with Gasteiger partial charge in [-0.15, -0.1) is 0 Å². The van der Waals surface area contributed by atoms with Crippen molar-refractivity contribution in [1.82, 2.24) is 19.9 Å². The van der Waals surface area contributed by atoms with Crippen LogP contribution >= 0.6 is 0 Å². The third-order valence-corrected chi connectivity index (χ3v) is 5.95. The summed E-state index contributed by atoms with van der Waals surface area (Å²) in [5.74, 6) is 1.37. The van der Waals surface area contributed by atoms with Crippen molar-refractivity contribution in [2.24, 2.45) is 0 Å². The van der Waals surface area contributed by atoms with E-state index in [0.29, 0.717) is 23.6 Å². The topological polar surface area (TPSA) is 87.7 Å². The van der Waals surface area contributed by atoms with Crippen LogP contribution in [-0.2, 0) is 22.9 Å². The van der Waals surface area contributed by atoms with Crippen molar-refractivity contribution >= 4 is 10.0 Å². The van der Waals surface area contributed by atoms with E-state index in [9.17, 15) is 8.42 Å². The molecule has 27 heavy (non-hydrogen) atoms. The third kappa shape index (κ3) is 5.02. The molecule has 0 amide bonds. The Hall–Kier alpha value is -2.51. The summed E-state index contributed by atoms with van der Waals surface area (Å²) in [5.41, 5.74) is 4.14. The van der Waals surface area contributed by atoms with Gasteiger partial charge in [0.25, 0.3) is 0 Å². The van der Waals surface area contributed by atoms with Gasteiger partial charge in [-0.3, -0.25) is 5.10 Å². The number of rotatable bonds is 7. The van der Waals surface area contributed by atoms with Crippen LogP contribution in [0.15, 0.2) is 47.4 Å². The second-order valence-electron chi connectivity index (χ2n) is 6.78. The van der Waals surface area contributed by atoms with Crippen molar-refractivity contribution < 1.29 is 8.42 Å². The molecule has 0 atom stereocenters. The number of sulfonamides is 1. The Balaban J connectivity index is 1.57. The number of benzene rings is 2. The summed E-state index contributed by atoms with van der Waals surface area (Å²) < 4.78 is 27.6. The highest BCUT2D eigenvalue weighted by Crippen LogP contribution is 2.16. The molecule has 6 nitrogen and oxygen atoms in total. The molecule has 142 valence electrons. The lowest BCUT2D eigenvalue weighted by atomic mass is 10.1. The van der Waals surface area contributed by atoms with Gasteiger partial charge in [-0.1, -0.05) is 47.5 Å². The van der Waals surface area contributed by atoms with Crippen molar-refractivity contribution in [2.75, 3.05) is 6.54 Å². The Bertz CT molecular complexity index is 1020. The predicted molar refractivity (Wildman–Crippen MR) is 105 cm³/mol. The van der Waals surface area contributed by atoms with Gasteiger partial charge in [0.1, 0.15) is 5.82 Å². The molecule has 0 aliphatic carbocycles. The molecule has 0 saturated heterocycles. The highest BCUT2D eigenvalue weighted by molar-refractivity contribution is 7.89. The lowest BCUT2D eigenvalue weighted by Gasteiger charge is -2.09. The molecule has 0 unspecified atom stereocenters. The summed E-state index contributed by atoms with van der Waals surface area (Å²) in [6.07, 6.45) is 1.09. The maximum absolute atomic E-state index is 12.5. The van der Waals surface area contributed by atoms with Gasteiger partial charge in [-0.25, -0.2) is 18.1 Å². The van der Waals surface area contributed by atoms with E-state index in [0.717, 1.165) is 22.5 Å². The van der Waals surface area contributed by atoms with Crippen molar-refractivity contribution in [2.45, 2.75) is 38.5 Å². The molecule has 0 bridgehead atoms. The second-order valence-corrected chi connectivity index (χ2v) is 8.51. The van der Waals surface area contributed by atoms with Crippen LogP contribution < -0.4 is 4.72 Å². The van der Waals surface area contributed by atoms with Gasteiger partial charge < -0.3 is 0 Å². The Morgan fingerprint density at radius 1 is 1.00 bits per heavy atom. The van der Waals surface area contributed by atoms with Crippen LogP contribution in [0.1, 0.15) is 33.9 Å². The maximum Gasteiger partial charge on any atom is 0.240 e. The van der Waals surface area contributed by atoms with Crippen LogP contribution in [0.3, 0.4) is 0 Å². The molecule has 3 rings (SSSR count). The van der Waals surface area contributed by atoms with Gasteiger partial charge in [0, 0.05) is 19.4 Å².